The van der Waals surface area contributed by atoms with Gasteiger partial charge in [0.2, 0.25) is 0 Å². The molecule has 0 heterocycles. The fourth-order valence-corrected chi connectivity index (χ4v) is 2.22. The first kappa shape index (κ1) is 17.2. The molecule has 3 aromatic rings. The fourth-order valence-electron chi connectivity index (χ4n) is 2.22. The molecular weight excluding hydrogens is 330 g/mol. The summed E-state index contributed by atoms with van der Waals surface area (Å²) < 4.78 is 10.4. The molecule has 0 aliphatic carbocycles. The Morgan fingerprint density at radius 1 is 0.769 bits per heavy atom. The van der Waals surface area contributed by atoms with Crippen LogP contribution in [0, 0.1) is 0 Å². The Bertz CT molecular complexity index is 862. The molecule has 0 fully saturated rings. The number of nitrogens with one attached hydrogen (secondary N) is 1. The predicted molar refractivity (Wildman–Crippen MR) is 98.1 cm³/mol. The van der Waals surface area contributed by atoms with Gasteiger partial charge in [0.15, 0.2) is 0 Å². The number of benzene rings is 3. The van der Waals surface area contributed by atoms with Crippen LogP contribution in [0.15, 0.2) is 84.9 Å². The second-order valence-corrected chi connectivity index (χ2v) is 5.47. The van der Waals surface area contributed by atoms with Gasteiger partial charge in [-0.15, -0.1) is 0 Å². The quantitative estimate of drug-likeness (QED) is 0.539. The number of hydrogen-bond donors (Lipinski definition) is 1. The van der Waals surface area contributed by atoms with Gasteiger partial charge in [-0.1, -0.05) is 48.5 Å². The minimum absolute atomic E-state index is 0.194. The van der Waals surface area contributed by atoms with E-state index < -0.39 is 12.1 Å². The summed E-state index contributed by atoms with van der Waals surface area (Å²) in [5, 5.41) is 2.62. The topological polar surface area (TPSA) is 64.6 Å². The number of hydrogen-bond acceptors (Lipinski definition) is 4. The molecule has 1 N–H and O–H groups in total. The van der Waals surface area contributed by atoms with Crippen molar-refractivity contribution in [1.82, 2.24) is 0 Å². The van der Waals surface area contributed by atoms with Crippen LogP contribution >= 0.6 is 0 Å². The highest BCUT2D eigenvalue weighted by Crippen LogP contribution is 2.17. The van der Waals surface area contributed by atoms with Crippen LogP contribution in [0.4, 0.5) is 10.5 Å². The van der Waals surface area contributed by atoms with E-state index in [1.54, 1.807) is 48.5 Å². The zero-order valence-corrected chi connectivity index (χ0v) is 13.9. The molecule has 26 heavy (non-hydrogen) atoms. The van der Waals surface area contributed by atoms with Crippen LogP contribution < -0.4 is 10.1 Å². The molecular formula is C21H17NO4. The van der Waals surface area contributed by atoms with E-state index in [1.807, 2.05) is 36.4 Å². The van der Waals surface area contributed by atoms with Gasteiger partial charge >= 0.3 is 12.1 Å². The summed E-state index contributed by atoms with van der Waals surface area (Å²) in [6.45, 7) is 0.194. The highest BCUT2D eigenvalue weighted by molar-refractivity contribution is 5.91. The van der Waals surface area contributed by atoms with E-state index in [1.165, 1.54) is 0 Å². The lowest BCUT2D eigenvalue weighted by Gasteiger charge is -2.08. The molecule has 0 aliphatic heterocycles. The molecule has 3 rings (SSSR count). The summed E-state index contributed by atoms with van der Waals surface area (Å²) in [6.07, 6.45) is -0.553. The van der Waals surface area contributed by atoms with Crippen LogP contribution in [-0.4, -0.2) is 12.1 Å². The zero-order chi connectivity index (χ0) is 18.2. The Morgan fingerprint density at radius 3 is 2.04 bits per heavy atom. The Morgan fingerprint density at radius 2 is 1.38 bits per heavy atom. The summed E-state index contributed by atoms with van der Waals surface area (Å²) >= 11 is 0. The highest BCUT2D eigenvalue weighted by Gasteiger charge is 2.08. The molecule has 0 unspecified atom stereocenters. The van der Waals surface area contributed by atoms with Crippen molar-refractivity contribution >= 4 is 17.7 Å². The van der Waals surface area contributed by atoms with Crippen LogP contribution in [-0.2, 0) is 11.3 Å². The van der Waals surface area contributed by atoms with E-state index >= 15 is 0 Å². The molecule has 1 amide bonds. The standard InChI is InChI=1S/C21H17NO4/c23-20(17-9-5-2-6-10-17)26-19-13-11-18(12-14-19)22-21(24)25-15-16-7-3-1-4-8-16/h1-14H,15H2,(H,22,24). The smallest absolute Gasteiger partial charge is 0.411 e. The van der Waals surface area contributed by atoms with E-state index in [2.05, 4.69) is 5.32 Å². The molecule has 3 aromatic carbocycles. The van der Waals surface area contributed by atoms with Gasteiger partial charge in [-0.25, -0.2) is 9.59 Å². The lowest BCUT2D eigenvalue weighted by Crippen LogP contribution is -2.13. The number of carbonyl (C=O) groups is 2. The number of rotatable bonds is 5. The summed E-state index contributed by atoms with van der Waals surface area (Å²) in [5.41, 5.74) is 1.92. The minimum Gasteiger partial charge on any atom is -0.444 e. The number of esters is 1. The lowest BCUT2D eigenvalue weighted by atomic mass is 10.2. The van der Waals surface area contributed by atoms with Crippen molar-refractivity contribution in [3.05, 3.63) is 96.1 Å². The molecule has 130 valence electrons. The average molecular weight is 347 g/mol. The van der Waals surface area contributed by atoms with Crippen molar-refractivity contribution in [1.29, 1.82) is 0 Å². The zero-order valence-electron chi connectivity index (χ0n) is 13.9. The third kappa shape index (κ3) is 4.95. The number of amides is 1. The summed E-state index contributed by atoms with van der Waals surface area (Å²) in [5.74, 6) is -0.0457. The SMILES string of the molecule is O=C(Nc1ccc(OC(=O)c2ccccc2)cc1)OCc1ccccc1. The molecule has 0 saturated heterocycles. The third-order valence-corrected chi connectivity index (χ3v) is 3.53. The molecule has 0 aromatic heterocycles. The van der Waals surface area contributed by atoms with E-state index in [9.17, 15) is 9.59 Å². The first-order chi connectivity index (χ1) is 12.7. The maximum atomic E-state index is 12.0. The van der Waals surface area contributed by atoms with Gasteiger partial charge in [0.1, 0.15) is 12.4 Å². The second kappa shape index (κ2) is 8.48. The number of ether oxygens (including phenoxy) is 2. The first-order valence-electron chi connectivity index (χ1n) is 8.06. The second-order valence-electron chi connectivity index (χ2n) is 5.47. The normalized spacial score (nSPS) is 10.0. The molecule has 0 spiro atoms. The molecule has 0 saturated carbocycles. The average Bonchev–Trinajstić information content (AvgIpc) is 2.69. The Kier molecular flexibility index (Phi) is 5.62. The van der Waals surface area contributed by atoms with Gasteiger partial charge in [-0.3, -0.25) is 5.32 Å². The maximum absolute atomic E-state index is 12.0. The molecule has 5 nitrogen and oxygen atoms in total. The van der Waals surface area contributed by atoms with Crippen molar-refractivity contribution in [2.75, 3.05) is 5.32 Å². The molecule has 5 heteroatoms. The van der Waals surface area contributed by atoms with E-state index in [0.29, 0.717) is 17.0 Å². The van der Waals surface area contributed by atoms with Gasteiger partial charge in [0, 0.05) is 5.69 Å². The fraction of sp³-hybridized carbons (Fsp3) is 0.0476. The summed E-state index contributed by atoms with van der Waals surface area (Å²) in [4.78, 5) is 23.8. The van der Waals surface area contributed by atoms with Crippen LogP contribution in [0.1, 0.15) is 15.9 Å². The molecule has 0 atom stereocenters. The Balaban J connectivity index is 1.51. The molecule has 0 aliphatic rings. The van der Waals surface area contributed by atoms with Crippen LogP contribution in [0.2, 0.25) is 0 Å². The van der Waals surface area contributed by atoms with Gasteiger partial charge in [0.05, 0.1) is 5.56 Å². The Labute approximate surface area is 151 Å². The van der Waals surface area contributed by atoms with Gasteiger partial charge in [0.25, 0.3) is 0 Å². The maximum Gasteiger partial charge on any atom is 0.411 e. The van der Waals surface area contributed by atoms with Crippen molar-refractivity contribution in [2.45, 2.75) is 6.61 Å². The first-order valence-corrected chi connectivity index (χ1v) is 8.06. The van der Waals surface area contributed by atoms with Gasteiger partial charge in [-0.05, 0) is 42.0 Å². The van der Waals surface area contributed by atoms with Crippen molar-refractivity contribution in [3.63, 3.8) is 0 Å². The monoisotopic (exact) mass is 347 g/mol. The van der Waals surface area contributed by atoms with Crippen LogP contribution in [0.5, 0.6) is 5.75 Å². The van der Waals surface area contributed by atoms with E-state index in [4.69, 9.17) is 9.47 Å². The lowest BCUT2D eigenvalue weighted by molar-refractivity contribution is 0.0734. The summed E-state index contributed by atoms with van der Waals surface area (Å²) in [6, 6.07) is 24.6. The third-order valence-electron chi connectivity index (χ3n) is 3.53. The van der Waals surface area contributed by atoms with Crippen molar-refractivity contribution in [2.24, 2.45) is 0 Å². The minimum atomic E-state index is -0.553. The van der Waals surface area contributed by atoms with Gasteiger partial charge in [-0.2, -0.15) is 0 Å². The highest BCUT2D eigenvalue weighted by atomic mass is 16.5. The largest absolute Gasteiger partial charge is 0.444 e. The number of carbonyl (C=O) groups excluding carboxylic acids is 2. The van der Waals surface area contributed by atoms with Crippen LogP contribution in [0.25, 0.3) is 0 Å². The molecule has 0 bridgehead atoms. The van der Waals surface area contributed by atoms with E-state index in [-0.39, 0.29) is 6.61 Å². The van der Waals surface area contributed by atoms with Crippen LogP contribution in [0.3, 0.4) is 0 Å². The predicted octanol–water partition coefficient (Wildman–Crippen LogP) is 4.65. The van der Waals surface area contributed by atoms with Crippen molar-refractivity contribution < 1.29 is 19.1 Å². The van der Waals surface area contributed by atoms with Crippen molar-refractivity contribution in [3.8, 4) is 5.75 Å². The molecule has 0 radical (unpaired) electrons. The van der Waals surface area contributed by atoms with Gasteiger partial charge < -0.3 is 9.47 Å². The van der Waals surface area contributed by atoms with E-state index in [0.717, 1.165) is 5.56 Å². The Hall–Kier alpha value is -3.60. The number of anilines is 1. The summed E-state index contributed by atoms with van der Waals surface area (Å²) in [7, 11) is 0.